The molecule has 0 fully saturated rings. The van der Waals surface area contributed by atoms with E-state index in [1.54, 1.807) is 0 Å². The first kappa shape index (κ1) is 11.4. The van der Waals surface area contributed by atoms with Gasteiger partial charge in [-0.3, -0.25) is 0 Å². The fraction of sp³-hybridized carbons (Fsp3) is 0.286. The molecule has 0 saturated carbocycles. The second-order valence-corrected chi connectivity index (χ2v) is 2.54. The molecular formula is C7H5F3N2O3. The van der Waals surface area contributed by atoms with Crippen molar-refractivity contribution in [3.8, 4) is 0 Å². The van der Waals surface area contributed by atoms with Crippen LogP contribution in [0.15, 0.2) is 6.20 Å². The van der Waals surface area contributed by atoms with Crippen LogP contribution < -0.4 is 0 Å². The number of rotatable bonds is 3. The van der Waals surface area contributed by atoms with Crippen LogP contribution >= 0.6 is 0 Å². The Bertz CT molecular complexity index is 397. The van der Waals surface area contributed by atoms with Crippen LogP contribution in [0, 0.1) is 15.9 Å². The van der Waals surface area contributed by atoms with Crippen molar-refractivity contribution < 1.29 is 23.2 Å². The van der Waals surface area contributed by atoms with E-state index in [1.807, 2.05) is 0 Å². The van der Waals surface area contributed by atoms with Gasteiger partial charge in [-0.15, -0.1) is 0 Å². The van der Waals surface area contributed by atoms with Crippen molar-refractivity contribution in [2.24, 2.45) is 0 Å². The summed E-state index contributed by atoms with van der Waals surface area (Å²) < 4.78 is 37.5. The van der Waals surface area contributed by atoms with E-state index in [9.17, 15) is 23.3 Å². The highest BCUT2D eigenvalue weighted by molar-refractivity contribution is 5.40. The lowest BCUT2D eigenvalue weighted by atomic mass is 10.1. The minimum atomic E-state index is -3.24. The summed E-state index contributed by atoms with van der Waals surface area (Å²) in [5.41, 5.74) is -1.98. The molecule has 0 aliphatic rings. The normalized spacial score (nSPS) is 10.7. The molecule has 0 radical (unpaired) electrons. The number of halogens is 3. The zero-order chi connectivity index (χ0) is 11.6. The Morgan fingerprint density at radius 3 is 2.60 bits per heavy atom. The van der Waals surface area contributed by atoms with Crippen molar-refractivity contribution in [1.29, 1.82) is 0 Å². The highest BCUT2D eigenvalue weighted by atomic mass is 19.3. The van der Waals surface area contributed by atoms with Crippen molar-refractivity contribution in [1.82, 2.24) is 4.98 Å². The van der Waals surface area contributed by atoms with Crippen molar-refractivity contribution in [2.45, 2.75) is 13.0 Å². The molecule has 0 aromatic carbocycles. The second-order valence-electron chi connectivity index (χ2n) is 2.54. The number of alkyl halides is 2. The number of nitro groups is 1. The van der Waals surface area contributed by atoms with Crippen molar-refractivity contribution in [3.05, 3.63) is 33.3 Å². The molecule has 1 aromatic rings. The average molecular weight is 222 g/mol. The minimum Gasteiger partial charge on any atom is -0.391 e. The van der Waals surface area contributed by atoms with E-state index >= 15 is 0 Å². The summed E-state index contributed by atoms with van der Waals surface area (Å²) in [5, 5.41) is 19.0. The van der Waals surface area contributed by atoms with Gasteiger partial charge in [-0.2, -0.15) is 0 Å². The highest BCUT2D eigenvalue weighted by Gasteiger charge is 2.27. The maximum atomic E-state index is 12.9. The van der Waals surface area contributed by atoms with Gasteiger partial charge >= 0.3 is 5.82 Å². The lowest BCUT2D eigenvalue weighted by molar-refractivity contribution is -0.390. The lowest BCUT2D eigenvalue weighted by Gasteiger charge is -2.06. The third-order valence-electron chi connectivity index (χ3n) is 1.70. The van der Waals surface area contributed by atoms with Gasteiger partial charge in [0.25, 0.3) is 6.43 Å². The van der Waals surface area contributed by atoms with Gasteiger partial charge in [0.1, 0.15) is 0 Å². The summed E-state index contributed by atoms with van der Waals surface area (Å²) in [6.07, 6.45) is -2.91. The smallest absolute Gasteiger partial charge is 0.369 e. The number of aromatic nitrogens is 1. The van der Waals surface area contributed by atoms with Crippen LogP contribution in [0.5, 0.6) is 0 Å². The molecule has 1 heterocycles. The van der Waals surface area contributed by atoms with E-state index in [1.165, 1.54) is 0 Å². The van der Waals surface area contributed by atoms with Gasteiger partial charge in [-0.1, -0.05) is 0 Å². The Kier molecular flexibility index (Phi) is 3.20. The molecule has 8 heteroatoms. The van der Waals surface area contributed by atoms with Crippen LogP contribution in [0.3, 0.4) is 0 Å². The highest BCUT2D eigenvalue weighted by Crippen LogP contribution is 2.30. The number of hydrogen-bond donors (Lipinski definition) is 1. The number of aliphatic hydroxyl groups is 1. The van der Waals surface area contributed by atoms with E-state index in [-0.39, 0.29) is 0 Å². The van der Waals surface area contributed by atoms with Crippen molar-refractivity contribution >= 4 is 5.82 Å². The first-order chi connectivity index (χ1) is 6.99. The Hall–Kier alpha value is -1.70. The van der Waals surface area contributed by atoms with Gasteiger partial charge in [0.05, 0.1) is 17.7 Å². The number of aliphatic hydroxyl groups excluding tert-OH is 1. The molecule has 1 N–H and O–H groups in total. The Labute approximate surface area is 81.3 Å². The third-order valence-corrected chi connectivity index (χ3v) is 1.70. The molecule has 0 saturated heterocycles. The van der Waals surface area contributed by atoms with Gasteiger partial charge in [0, 0.05) is 0 Å². The summed E-state index contributed by atoms with van der Waals surface area (Å²) in [6, 6.07) is 0. The topological polar surface area (TPSA) is 76.3 Å². The summed E-state index contributed by atoms with van der Waals surface area (Å²) in [7, 11) is 0. The molecule has 15 heavy (non-hydrogen) atoms. The average Bonchev–Trinajstić information content (AvgIpc) is 2.15. The van der Waals surface area contributed by atoms with Gasteiger partial charge in [-0.25, -0.2) is 13.2 Å². The molecule has 0 bridgehead atoms. The van der Waals surface area contributed by atoms with Gasteiger partial charge in [0.15, 0.2) is 12.0 Å². The Morgan fingerprint density at radius 1 is 1.60 bits per heavy atom. The maximum absolute atomic E-state index is 12.9. The summed E-state index contributed by atoms with van der Waals surface area (Å²) in [5.74, 6) is -2.34. The quantitative estimate of drug-likeness (QED) is 0.621. The monoisotopic (exact) mass is 222 g/mol. The fourth-order valence-electron chi connectivity index (χ4n) is 1.08. The number of pyridine rings is 1. The summed E-state index contributed by atoms with van der Waals surface area (Å²) in [6.45, 7) is -1.07. The van der Waals surface area contributed by atoms with E-state index in [4.69, 9.17) is 5.11 Å². The van der Waals surface area contributed by atoms with Gasteiger partial charge in [0.2, 0.25) is 0 Å². The molecule has 1 aromatic heterocycles. The van der Waals surface area contributed by atoms with Gasteiger partial charge in [-0.05, 0) is 9.91 Å². The lowest BCUT2D eigenvalue weighted by Crippen LogP contribution is -2.06. The largest absolute Gasteiger partial charge is 0.391 e. The minimum absolute atomic E-state index is 0.332. The van der Waals surface area contributed by atoms with Crippen LogP contribution in [-0.4, -0.2) is 15.0 Å². The third kappa shape index (κ3) is 2.04. The van der Waals surface area contributed by atoms with Gasteiger partial charge < -0.3 is 15.2 Å². The van der Waals surface area contributed by atoms with Crippen LogP contribution in [0.25, 0.3) is 0 Å². The van der Waals surface area contributed by atoms with Crippen LogP contribution in [0.2, 0.25) is 0 Å². The standard InChI is InChI=1S/C7H5F3N2O3/c8-4-1-11-7(12(14)15)3(2-13)5(4)6(9)10/h1,6,13H,2H2. The zero-order valence-corrected chi connectivity index (χ0v) is 7.15. The Morgan fingerprint density at radius 2 is 2.20 bits per heavy atom. The molecule has 5 nitrogen and oxygen atoms in total. The second kappa shape index (κ2) is 4.22. The number of hydrogen-bond acceptors (Lipinski definition) is 4. The maximum Gasteiger partial charge on any atom is 0.369 e. The van der Waals surface area contributed by atoms with Crippen molar-refractivity contribution in [2.75, 3.05) is 0 Å². The summed E-state index contributed by atoms with van der Waals surface area (Å²) >= 11 is 0. The van der Waals surface area contributed by atoms with Crippen LogP contribution in [0.4, 0.5) is 19.0 Å². The molecule has 1 rings (SSSR count). The van der Waals surface area contributed by atoms with E-state index in [2.05, 4.69) is 4.98 Å². The SMILES string of the molecule is O=[N+]([O-])c1ncc(F)c(C(F)F)c1CO. The van der Waals surface area contributed by atoms with Crippen LogP contribution in [-0.2, 0) is 6.61 Å². The zero-order valence-electron chi connectivity index (χ0n) is 7.15. The Balaban J connectivity index is 3.47. The van der Waals surface area contributed by atoms with E-state index < -0.39 is 40.7 Å². The number of nitrogens with zero attached hydrogens (tertiary/aromatic N) is 2. The molecule has 0 aliphatic carbocycles. The first-order valence-corrected chi connectivity index (χ1v) is 3.69. The molecule has 0 spiro atoms. The summed E-state index contributed by atoms with van der Waals surface area (Å²) in [4.78, 5) is 12.3. The first-order valence-electron chi connectivity index (χ1n) is 3.69. The predicted molar refractivity (Wildman–Crippen MR) is 41.7 cm³/mol. The molecule has 0 unspecified atom stereocenters. The molecule has 0 atom stereocenters. The molecular weight excluding hydrogens is 217 g/mol. The molecule has 0 aliphatic heterocycles. The van der Waals surface area contributed by atoms with E-state index in [0.717, 1.165) is 0 Å². The van der Waals surface area contributed by atoms with Crippen molar-refractivity contribution in [3.63, 3.8) is 0 Å². The van der Waals surface area contributed by atoms with Crippen LogP contribution in [0.1, 0.15) is 17.6 Å². The van der Waals surface area contributed by atoms with E-state index in [0.29, 0.717) is 6.20 Å². The molecule has 82 valence electrons. The fourth-order valence-corrected chi connectivity index (χ4v) is 1.08. The predicted octanol–water partition coefficient (Wildman–Crippen LogP) is 1.56. The molecule has 0 amide bonds.